The summed E-state index contributed by atoms with van der Waals surface area (Å²) in [5, 5.41) is 24.7. The topological polar surface area (TPSA) is 101 Å². The van der Waals surface area contributed by atoms with Crippen LogP contribution in [-0.2, 0) is 0 Å². The van der Waals surface area contributed by atoms with Gasteiger partial charge in [-0.15, -0.1) is 0 Å². The number of phenolic OH excluding ortho intramolecular Hbond substituents is 1. The molecule has 0 saturated carbocycles. The van der Waals surface area contributed by atoms with Crippen molar-refractivity contribution in [3.63, 3.8) is 0 Å². The molecule has 0 spiro atoms. The monoisotopic (exact) mass is 406 g/mol. The maximum atomic E-state index is 14.6. The summed E-state index contributed by atoms with van der Waals surface area (Å²) < 4.78 is 14.6. The van der Waals surface area contributed by atoms with Crippen molar-refractivity contribution in [3.05, 3.63) is 80.3 Å². The van der Waals surface area contributed by atoms with Crippen molar-refractivity contribution < 1.29 is 14.4 Å². The van der Waals surface area contributed by atoms with E-state index in [0.717, 1.165) is 5.57 Å². The molecule has 8 heteroatoms. The van der Waals surface area contributed by atoms with Crippen molar-refractivity contribution in [2.45, 2.75) is 25.4 Å². The quantitative estimate of drug-likeness (QED) is 0.449. The Labute approximate surface area is 171 Å². The smallest absolute Gasteiger partial charge is 0.250 e. The maximum absolute atomic E-state index is 14.6. The van der Waals surface area contributed by atoms with E-state index < -0.39 is 10.6 Å². The Balaban J connectivity index is 1.69. The third kappa shape index (κ3) is 4.27. The number of fused-ring (bicyclic) bond motifs is 1. The number of alkyl halides is 1. The third-order valence-electron chi connectivity index (χ3n) is 4.82. The van der Waals surface area contributed by atoms with Crippen LogP contribution in [0.5, 0.6) is 5.75 Å². The SMILES string of the molecule is CC1(F)C=c2c(Nc3ccc(O)cc3)nc(/C=C/C3=CC=C([N+](=O)[O-])C3)nc2=CC1. The summed E-state index contributed by atoms with van der Waals surface area (Å²) in [7, 11) is 0. The van der Waals surface area contributed by atoms with Crippen LogP contribution in [0.2, 0.25) is 0 Å². The Bertz CT molecular complexity index is 1230. The van der Waals surface area contributed by atoms with Crippen molar-refractivity contribution in [1.82, 2.24) is 9.97 Å². The van der Waals surface area contributed by atoms with Gasteiger partial charge in [-0.1, -0.05) is 18.2 Å². The van der Waals surface area contributed by atoms with E-state index in [2.05, 4.69) is 15.3 Å². The van der Waals surface area contributed by atoms with E-state index in [1.54, 1.807) is 48.6 Å². The second-order valence-corrected chi connectivity index (χ2v) is 7.40. The van der Waals surface area contributed by atoms with Gasteiger partial charge in [0.1, 0.15) is 17.2 Å². The number of halogens is 1. The molecule has 1 heterocycles. The van der Waals surface area contributed by atoms with Gasteiger partial charge >= 0.3 is 0 Å². The van der Waals surface area contributed by atoms with Gasteiger partial charge in [0, 0.05) is 23.4 Å². The van der Waals surface area contributed by atoms with Crippen LogP contribution in [0, 0.1) is 10.1 Å². The van der Waals surface area contributed by atoms with Gasteiger partial charge < -0.3 is 10.4 Å². The minimum atomic E-state index is -1.50. The van der Waals surface area contributed by atoms with E-state index in [0.29, 0.717) is 27.9 Å². The minimum absolute atomic E-state index is 0.137. The molecule has 2 aliphatic rings. The molecule has 2 aromatic rings. The molecule has 0 radical (unpaired) electrons. The normalized spacial score (nSPS) is 20.1. The predicted octanol–water partition coefficient (Wildman–Crippen LogP) is 3.12. The summed E-state index contributed by atoms with van der Waals surface area (Å²) in [4.78, 5) is 19.5. The van der Waals surface area contributed by atoms with Crippen LogP contribution in [0.1, 0.15) is 25.6 Å². The first-order valence-electron chi connectivity index (χ1n) is 9.37. The van der Waals surface area contributed by atoms with Crippen LogP contribution in [0.3, 0.4) is 0 Å². The summed E-state index contributed by atoms with van der Waals surface area (Å²) in [6.45, 7) is 1.50. The molecule has 7 nitrogen and oxygen atoms in total. The van der Waals surface area contributed by atoms with Crippen molar-refractivity contribution in [1.29, 1.82) is 0 Å². The molecule has 4 rings (SSSR count). The van der Waals surface area contributed by atoms with Crippen LogP contribution in [0.25, 0.3) is 18.2 Å². The molecule has 30 heavy (non-hydrogen) atoms. The van der Waals surface area contributed by atoms with Crippen LogP contribution >= 0.6 is 0 Å². The summed E-state index contributed by atoms with van der Waals surface area (Å²) in [5.41, 5.74) is 0.100. The fraction of sp³-hybridized carbons (Fsp3) is 0.182. The van der Waals surface area contributed by atoms with Gasteiger partial charge in [-0.05, 0) is 48.9 Å². The standard InChI is InChI=1S/C22H19FN4O3/c1-22(23)11-10-19-18(13-22)21(24-15-4-7-17(28)8-5-15)26-20(25-19)9-3-14-2-6-16(12-14)27(29)30/h2-10,13,28H,11-12H2,1H3,(H,24,25,26)/b9-3+. The lowest BCUT2D eigenvalue weighted by Gasteiger charge is -2.18. The largest absolute Gasteiger partial charge is 0.508 e. The molecular formula is C22H19FN4O3. The number of phenols is 1. The van der Waals surface area contributed by atoms with Gasteiger partial charge in [-0.2, -0.15) is 0 Å². The molecule has 0 aliphatic heterocycles. The molecule has 2 N–H and O–H groups in total. The first-order valence-corrected chi connectivity index (χ1v) is 9.37. The first-order chi connectivity index (χ1) is 14.3. The number of allylic oxidation sites excluding steroid dienone is 4. The molecular weight excluding hydrogens is 387 g/mol. The Kier molecular flexibility index (Phi) is 4.91. The average molecular weight is 406 g/mol. The molecule has 1 aromatic carbocycles. The Morgan fingerprint density at radius 1 is 1.23 bits per heavy atom. The fourth-order valence-electron chi connectivity index (χ4n) is 3.26. The highest BCUT2D eigenvalue weighted by Crippen LogP contribution is 2.22. The number of nitro groups is 1. The highest BCUT2D eigenvalue weighted by molar-refractivity contribution is 5.63. The lowest BCUT2D eigenvalue weighted by molar-refractivity contribution is -0.426. The number of nitrogens with zero attached hydrogens (tertiary/aromatic N) is 3. The van der Waals surface area contributed by atoms with Crippen molar-refractivity contribution in [2.75, 3.05) is 5.32 Å². The molecule has 0 bridgehead atoms. The zero-order valence-corrected chi connectivity index (χ0v) is 16.2. The summed E-state index contributed by atoms with van der Waals surface area (Å²) in [6, 6.07) is 6.46. The summed E-state index contributed by atoms with van der Waals surface area (Å²) in [5.74, 6) is 0.977. The van der Waals surface area contributed by atoms with Crippen LogP contribution in [0.15, 0.2) is 53.8 Å². The number of aromatic nitrogens is 2. The van der Waals surface area contributed by atoms with E-state index in [-0.39, 0.29) is 24.3 Å². The zero-order chi connectivity index (χ0) is 21.3. The number of nitrogens with one attached hydrogen (secondary N) is 1. The highest BCUT2D eigenvalue weighted by atomic mass is 19.1. The van der Waals surface area contributed by atoms with E-state index in [1.165, 1.54) is 19.1 Å². The fourth-order valence-corrected chi connectivity index (χ4v) is 3.26. The molecule has 2 aliphatic carbocycles. The van der Waals surface area contributed by atoms with Gasteiger partial charge in [0.05, 0.1) is 16.7 Å². The van der Waals surface area contributed by atoms with E-state index >= 15 is 0 Å². The molecule has 0 fully saturated rings. The van der Waals surface area contributed by atoms with Crippen LogP contribution < -0.4 is 15.9 Å². The zero-order valence-electron chi connectivity index (χ0n) is 16.2. The molecule has 0 saturated heterocycles. The number of anilines is 2. The number of benzene rings is 1. The Morgan fingerprint density at radius 2 is 2.00 bits per heavy atom. The van der Waals surface area contributed by atoms with Crippen LogP contribution in [-0.4, -0.2) is 25.7 Å². The second-order valence-electron chi connectivity index (χ2n) is 7.40. The first kappa shape index (κ1) is 19.5. The second kappa shape index (κ2) is 7.55. The van der Waals surface area contributed by atoms with Gasteiger partial charge in [0.25, 0.3) is 5.70 Å². The van der Waals surface area contributed by atoms with Crippen LogP contribution in [0.4, 0.5) is 15.9 Å². The van der Waals surface area contributed by atoms with E-state index in [9.17, 15) is 19.6 Å². The Morgan fingerprint density at radius 3 is 2.70 bits per heavy atom. The summed E-state index contributed by atoms with van der Waals surface area (Å²) in [6.07, 6.45) is 10.3. The maximum Gasteiger partial charge on any atom is 0.250 e. The van der Waals surface area contributed by atoms with E-state index in [4.69, 9.17) is 0 Å². The molecule has 1 aromatic heterocycles. The number of hydrogen-bond acceptors (Lipinski definition) is 6. The van der Waals surface area contributed by atoms with Gasteiger partial charge in [0.2, 0.25) is 0 Å². The average Bonchev–Trinajstić information content (AvgIpc) is 3.18. The van der Waals surface area contributed by atoms with Gasteiger partial charge in [0.15, 0.2) is 5.82 Å². The van der Waals surface area contributed by atoms with Gasteiger partial charge in [-0.25, -0.2) is 14.4 Å². The molecule has 1 atom stereocenters. The Hall–Kier alpha value is -3.81. The lowest BCUT2D eigenvalue weighted by Crippen LogP contribution is -2.39. The number of aromatic hydroxyl groups is 1. The third-order valence-corrected chi connectivity index (χ3v) is 4.82. The van der Waals surface area contributed by atoms with E-state index in [1.807, 2.05) is 0 Å². The molecule has 152 valence electrons. The van der Waals surface area contributed by atoms with Crippen molar-refractivity contribution >= 4 is 29.7 Å². The summed E-state index contributed by atoms with van der Waals surface area (Å²) >= 11 is 0. The lowest BCUT2D eigenvalue weighted by atomic mass is 9.98. The number of rotatable bonds is 5. The predicted molar refractivity (Wildman–Crippen MR) is 113 cm³/mol. The minimum Gasteiger partial charge on any atom is -0.508 e. The van der Waals surface area contributed by atoms with Gasteiger partial charge in [-0.3, -0.25) is 10.1 Å². The van der Waals surface area contributed by atoms with Crippen molar-refractivity contribution in [2.24, 2.45) is 0 Å². The number of hydrogen-bond donors (Lipinski definition) is 2. The highest BCUT2D eigenvalue weighted by Gasteiger charge is 2.23. The molecule has 1 unspecified atom stereocenters. The molecule has 0 amide bonds. The van der Waals surface area contributed by atoms with Crippen molar-refractivity contribution in [3.8, 4) is 5.75 Å².